The van der Waals surface area contributed by atoms with E-state index in [1.807, 2.05) is 24.0 Å². The third-order valence-corrected chi connectivity index (χ3v) is 7.58. The smallest absolute Gasteiger partial charge is 0.324 e. The summed E-state index contributed by atoms with van der Waals surface area (Å²) in [5.41, 5.74) is -0.203. The molecule has 0 saturated carbocycles. The fraction of sp³-hybridized carbons (Fsp3) is 0.375. The van der Waals surface area contributed by atoms with Gasteiger partial charge in [-0.15, -0.1) is 0 Å². The molecule has 170 valence electrons. The van der Waals surface area contributed by atoms with Gasteiger partial charge >= 0.3 is 6.18 Å². The number of fused-ring (bicyclic) bond motifs is 7. The van der Waals surface area contributed by atoms with E-state index in [1.165, 1.54) is 12.1 Å². The fourth-order valence-electron chi connectivity index (χ4n) is 6.39. The number of hydrogen-bond donors (Lipinski definition) is 1. The number of alkyl halides is 3. The molecule has 2 aromatic carbocycles. The molecule has 0 bridgehead atoms. The largest absolute Gasteiger partial charge is 0.416 e. The normalized spacial score (nSPS) is 30.7. The van der Waals surface area contributed by atoms with Gasteiger partial charge in [-0.05, 0) is 50.6 Å². The van der Waals surface area contributed by atoms with Crippen molar-refractivity contribution in [3.05, 3.63) is 59.2 Å². The maximum absolute atomic E-state index is 13.8. The van der Waals surface area contributed by atoms with Crippen LogP contribution in [0.2, 0.25) is 0 Å². The standard InChI is InChI=1S/C24H20F3N3O3/c1-12-7-8-16-15(10-12)23(22(33)28-16)19-18(17-6-3-9-29(17)23)20(31)30(21(19)32)14-5-2-4-13(11-14)24(25,26)27/h2,4-5,7-8,10-11,17-19H,3,6,9H2,1H3,(H,28,33)/t17-,18+,19+,23-/m1/s1. The van der Waals surface area contributed by atoms with Gasteiger partial charge in [-0.1, -0.05) is 23.8 Å². The number of nitrogens with one attached hydrogen (secondary N) is 1. The van der Waals surface area contributed by atoms with Crippen molar-refractivity contribution in [1.82, 2.24) is 4.90 Å². The summed E-state index contributed by atoms with van der Waals surface area (Å²) < 4.78 is 39.9. The van der Waals surface area contributed by atoms with Gasteiger partial charge < -0.3 is 5.32 Å². The van der Waals surface area contributed by atoms with Crippen LogP contribution in [0.25, 0.3) is 0 Å². The van der Waals surface area contributed by atoms with Crippen molar-refractivity contribution in [2.45, 2.75) is 37.5 Å². The number of carbonyl (C=O) groups is 3. The maximum Gasteiger partial charge on any atom is 0.416 e. The number of amides is 3. The quantitative estimate of drug-likeness (QED) is 0.669. The average Bonchev–Trinajstić information content (AvgIpc) is 3.46. The van der Waals surface area contributed by atoms with Crippen molar-refractivity contribution in [3.63, 3.8) is 0 Å². The Kier molecular flexibility index (Phi) is 3.98. The van der Waals surface area contributed by atoms with Gasteiger partial charge in [-0.3, -0.25) is 19.3 Å². The van der Waals surface area contributed by atoms with E-state index in [9.17, 15) is 27.6 Å². The summed E-state index contributed by atoms with van der Waals surface area (Å²) in [5, 5.41) is 2.89. The molecule has 2 aromatic rings. The van der Waals surface area contributed by atoms with Gasteiger partial charge in [0.1, 0.15) is 5.54 Å². The number of nitrogens with zero attached hydrogens (tertiary/aromatic N) is 2. The minimum atomic E-state index is -4.61. The van der Waals surface area contributed by atoms with Gasteiger partial charge in [0.2, 0.25) is 17.7 Å². The highest BCUT2D eigenvalue weighted by Crippen LogP contribution is 2.60. The highest BCUT2D eigenvalue weighted by atomic mass is 19.4. The molecule has 4 atom stereocenters. The molecule has 6 rings (SSSR count). The molecule has 9 heteroatoms. The van der Waals surface area contributed by atoms with Crippen LogP contribution in [-0.4, -0.2) is 35.2 Å². The van der Waals surface area contributed by atoms with Crippen LogP contribution in [0.5, 0.6) is 0 Å². The first-order chi connectivity index (χ1) is 15.7. The minimum Gasteiger partial charge on any atom is -0.324 e. The van der Waals surface area contributed by atoms with E-state index in [-0.39, 0.29) is 17.6 Å². The highest BCUT2D eigenvalue weighted by molar-refractivity contribution is 6.25. The molecular formula is C24H20F3N3O3. The average molecular weight is 455 g/mol. The molecule has 1 spiro atoms. The molecule has 4 aliphatic rings. The summed E-state index contributed by atoms with van der Waals surface area (Å²) in [4.78, 5) is 43.8. The summed E-state index contributed by atoms with van der Waals surface area (Å²) in [6.45, 7) is 2.46. The van der Waals surface area contributed by atoms with Crippen LogP contribution < -0.4 is 10.2 Å². The Balaban J connectivity index is 1.53. The number of halogens is 3. The summed E-state index contributed by atoms with van der Waals surface area (Å²) in [6.07, 6.45) is -3.19. The van der Waals surface area contributed by atoms with Crippen LogP contribution in [0.4, 0.5) is 24.5 Å². The van der Waals surface area contributed by atoms with Crippen LogP contribution in [-0.2, 0) is 26.1 Å². The summed E-state index contributed by atoms with van der Waals surface area (Å²) >= 11 is 0. The molecular weight excluding hydrogens is 435 g/mol. The van der Waals surface area contributed by atoms with E-state index in [4.69, 9.17) is 0 Å². The molecule has 3 fully saturated rings. The lowest BCUT2D eigenvalue weighted by molar-refractivity contribution is -0.137. The molecule has 3 amide bonds. The summed E-state index contributed by atoms with van der Waals surface area (Å²) in [7, 11) is 0. The van der Waals surface area contributed by atoms with Gasteiger partial charge in [0.25, 0.3) is 0 Å². The first kappa shape index (κ1) is 20.4. The number of carbonyl (C=O) groups excluding carboxylic acids is 3. The first-order valence-electron chi connectivity index (χ1n) is 10.9. The predicted octanol–water partition coefficient (Wildman–Crippen LogP) is 3.45. The zero-order valence-corrected chi connectivity index (χ0v) is 17.6. The predicted molar refractivity (Wildman–Crippen MR) is 112 cm³/mol. The number of benzene rings is 2. The van der Waals surface area contributed by atoms with E-state index < -0.39 is 40.9 Å². The molecule has 4 aliphatic heterocycles. The number of hydrogen-bond acceptors (Lipinski definition) is 4. The molecule has 0 aliphatic carbocycles. The Hall–Kier alpha value is -3.20. The van der Waals surface area contributed by atoms with Crippen LogP contribution in [0.1, 0.15) is 29.5 Å². The van der Waals surface area contributed by atoms with Crippen molar-refractivity contribution >= 4 is 29.1 Å². The molecule has 33 heavy (non-hydrogen) atoms. The lowest BCUT2D eigenvalue weighted by Crippen LogP contribution is -2.54. The Morgan fingerprint density at radius 3 is 2.61 bits per heavy atom. The van der Waals surface area contributed by atoms with Gasteiger partial charge in [-0.2, -0.15) is 13.2 Å². The van der Waals surface area contributed by atoms with Gasteiger partial charge in [0.15, 0.2) is 0 Å². The molecule has 1 N–H and O–H groups in total. The molecule has 0 unspecified atom stereocenters. The molecule has 6 nitrogen and oxygen atoms in total. The third-order valence-electron chi connectivity index (χ3n) is 7.58. The van der Waals surface area contributed by atoms with Crippen molar-refractivity contribution in [3.8, 4) is 0 Å². The number of anilines is 2. The Morgan fingerprint density at radius 1 is 1.06 bits per heavy atom. The summed E-state index contributed by atoms with van der Waals surface area (Å²) in [6, 6.07) is 9.45. The monoisotopic (exact) mass is 455 g/mol. The molecule has 0 radical (unpaired) electrons. The zero-order chi connectivity index (χ0) is 23.3. The lowest BCUT2D eigenvalue weighted by Gasteiger charge is -2.36. The van der Waals surface area contributed by atoms with Crippen LogP contribution in [0.15, 0.2) is 42.5 Å². The van der Waals surface area contributed by atoms with Crippen LogP contribution >= 0.6 is 0 Å². The molecule has 0 aromatic heterocycles. The molecule has 3 saturated heterocycles. The van der Waals surface area contributed by atoms with Crippen LogP contribution in [0.3, 0.4) is 0 Å². The second-order valence-corrected chi connectivity index (χ2v) is 9.24. The van der Waals surface area contributed by atoms with Crippen molar-refractivity contribution in [1.29, 1.82) is 0 Å². The van der Waals surface area contributed by atoms with E-state index in [1.54, 1.807) is 6.07 Å². The van der Waals surface area contributed by atoms with Crippen molar-refractivity contribution in [2.75, 3.05) is 16.8 Å². The molecule has 4 heterocycles. The van der Waals surface area contributed by atoms with Crippen molar-refractivity contribution < 1.29 is 27.6 Å². The van der Waals surface area contributed by atoms with E-state index >= 15 is 0 Å². The van der Waals surface area contributed by atoms with Gasteiger partial charge in [-0.25, -0.2) is 4.90 Å². The Labute approximate surface area is 187 Å². The zero-order valence-electron chi connectivity index (χ0n) is 17.6. The third kappa shape index (κ3) is 2.45. The lowest BCUT2D eigenvalue weighted by atomic mass is 9.75. The van der Waals surface area contributed by atoms with E-state index in [0.29, 0.717) is 24.2 Å². The number of rotatable bonds is 1. The Bertz CT molecular complexity index is 1240. The Morgan fingerprint density at radius 2 is 1.85 bits per heavy atom. The number of aryl methyl sites for hydroxylation is 1. The topological polar surface area (TPSA) is 69.7 Å². The second-order valence-electron chi connectivity index (χ2n) is 9.24. The van der Waals surface area contributed by atoms with Gasteiger partial charge in [0.05, 0.1) is 23.1 Å². The van der Waals surface area contributed by atoms with Crippen molar-refractivity contribution in [2.24, 2.45) is 11.8 Å². The second kappa shape index (κ2) is 6.44. The highest BCUT2D eigenvalue weighted by Gasteiger charge is 2.74. The first-order valence-corrected chi connectivity index (χ1v) is 10.9. The number of imide groups is 1. The van der Waals surface area contributed by atoms with E-state index in [0.717, 1.165) is 29.0 Å². The van der Waals surface area contributed by atoms with Crippen LogP contribution in [0, 0.1) is 18.8 Å². The van der Waals surface area contributed by atoms with E-state index in [2.05, 4.69) is 5.32 Å². The maximum atomic E-state index is 13.8. The fourth-order valence-corrected chi connectivity index (χ4v) is 6.39. The minimum absolute atomic E-state index is 0.114. The summed E-state index contributed by atoms with van der Waals surface area (Å²) in [5.74, 6) is -3.29. The SMILES string of the molecule is Cc1ccc2c(c1)[C@]1(C(=O)N2)[C@@H]2C(=O)N(c3cccc(C(F)(F)F)c3)C(=O)[C@H]2[C@H]2CCCN21. The van der Waals surface area contributed by atoms with Gasteiger partial charge in [0, 0.05) is 17.3 Å².